The monoisotopic (exact) mass is 451 g/mol. The Labute approximate surface area is 191 Å². The summed E-state index contributed by atoms with van der Waals surface area (Å²) in [5, 5.41) is 12.2. The fraction of sp³-hybridized carbons (Fsp3) is 0.417. The summed E-state index contributed by atoms with van der Waals surface area (Å²) in [6.07, 6.45) is 6.03. The molecule has 7 nitrogen and oxygen atoms in total. The number of anilines is 1. The van der Waals surface area contributed by atoms with E-state index in [1.54, 1.807) is 24.3 Å². The number of carbonyl (C=O) groups excluding carboxylic acids is 2. The molecule has 3 aromatic rings. The Morgan fingerprint density at radius 1 is 0.969 bits per heavy atom. The maximum absolute atomic E-state index is 13.1. The van der Waals surface area contributed by atoms with Gasteiger partial charge >= 0.3 is 0 Å². The molecule has 0 bridgehead atoms. The van der Waals surface area contributed by atoms with E-state index in [0.29, 0.717) is 42.6 Å². The van der Waals surface area contributed by atoms with Crippen LogP contribution in [0.4, 0.5) is 5.69 Å². The lowest BCUT2D eigenvalue weighted by molar-refractivity contribution is -0.121. The first-order valence-corrected chi connectivity index (χ1v) is 11.7. The van der Waals surface area contributed by atoms with Crippen molar-refractivity contribution in [2.45, 2.75) is 44.6 Å². The van der Waals surface area contributed by atoms with Crippen LogP contribution in [0.3, 0.4) is 0 Å². The van der Waals surface area contributed by atoms with E-state index >= 15 is 0 Å². The van der Waals surface area contributed by atoms with Gasteiger partial charge in [-0.25, -0.2) is 4.68 Å². The average molecular weight is 452 g/mol. The number of nitrogens with one attached hydrogen (secondary N) is 1. The number of benzene rings is 2. The molecule has 2 amide bonds. The zero-order chi connectivity index (χ0) is 22.1. The predicted molar refractivity (Wildman–Crippen MR) is 124 cm³/mol. The Bertz CT molecular complexity index is 1130. The molecule has 2 aromatic carbocycles. The van der Waals surface area contributed by atoms with Crippen molar-refractivity contribution in [3.05, 3.63) is 53.1 Å². The summed E-state index contributed by atoms with van der Waals surface area (Å²) in [6.45, 7) is 1.12. The molecule has 8 heteroatoms. The Morgan fingerprint density at radius 3 is 2.41 bits per heavy atom. The van der Waals surface area contributed by atoms with Crippen LogP contribution in [-0.4, -0.2) is 44.8 Å². The summed E-state index contributed by atoms with van der Waals surface area (Å²) >= 11 is 5.90. The normalized spacial score (nSPS) is 17.7. The molecular weight excluding hydrogens is 426 g/mol. The molecule has 32 heavy (non-hydrogen) atoms. The van der Waals surface area contributed by atoms with Crippen molar-refractivity contribution in [2.24, 2.45) is 5.92 Å². The third kappa shape index (κ3) is 4.21. The number of amides is 2. The van der Waals surface area contributed by atoms with E-state index in [1.165, 1.54) is 12.8 Å². The lowest BCUT2D eigenvalue weighted by Crippen LogP contribution is -2.41. The second-order valence-corrected chi connectivity index (χ2v) is 9.17. The van der Waals surface area contributed by atoms with Gasteiger partial charge < -0.3 is 10.2 Å². The minimum atomic E-state index is -0.108. The zero-order valence-electron chi connectivity index (χ0n) is 17.8. The summed E-state index contributed by atoms with van der Waals surface area (Å²) in [7, 11) is 0. The van der Waals surface area contributed by atoms with Gasteiger partial charge in [-0.15, -0.1) is 5.10 Å². The number of hydrogen-bond donors (Lipinski definition) is 1. The molecule has 0 spiro atoms. The third-order valence-electron chi connectivity index (χ3n) is 6.65. The van der Waals surface area contributed by atoms with Crippen molar-refractivity contribution < 1.29 is 9.59 Å². The summed E-state index contributed by atoms with van der Waals surface area (Å²) in [6, 6.07) is 13.2. The molecule has 0 radical (unpaired) electrons. The van der Waals surface area contributed by atoms with Crippen LogP contribution in [0.15, 0.2) is 42.5 Å². The number of aromatic nitrogens is 3. The number of rotatable bonds is 4. The number of hydrogen-bond acceptors (Lipinski definition) is 4. The standard InChI is InChI=1S/C24H26ClN5O2/c25-18-6-8-19(9-7-18)26-23(31)16-11-13-29(14-12-16)24(32)17-5-10-22-21(15-17)27-28-30(22)20-3-1-2-4-20/h5-10,15-16,20H,1-4,11-14H2,(H,26,31). The van der Waals surface area contributed by atoms with Crippen LogP contribution in [0, 0.1) is 5.92 Å². The lowest BCUT2D eigenvalue weighted by atomic mass is 9.95. The van der Waals surface area contributed by atoms with Gasteiger partial charge in [0.2, 0.25) is 5.91 Å². The first kappa shape index (κ1) is 20.9. The molecule has 2 aliphatic rings. The van der Waals surface area contributed by atoms with Crippen LogP contribution in [0.25, 0.3) is 11.0 Å². The van der Waals surface area contributed by atoms with Crippen LogP contribution in [0.1, 0.15) is 54.9 Å². The molecule has 1 aliphatic heterocycles. The van der Waals surface area contributed by atoms with E-state index in [1.807, 2.05) is 27.8 Å². The fourth-order valence-electron chi connectivity index (χ4n) is 4.80. The number of carbonyl (C=O) groups is 2. The number of halogens is 1. The van der Waals surface area contributed by atoms with E-state index in [4.69, 9.17) is 11.6 Å². The summed E-state index contributed by atoms with van der Waals surface area (Å²) < 4.78 is 2.02. The smallest absolute Gasteiger partial charge is 0.253 e. The highest BCUT2D eigenvalue weighted by Crippen LogP contribution is 2.31. The van der Waals surface area contributed by atoms with Crippen molar-refractivity contribution in [3.63, 3.8) is 0 Å². The highest BCUT2D eigenvalue weighted by atomic mass is 35.5. The van der Waals surface area contributed by atoms with Crippen molar-refractivity contribution in [1.29, 1.82) is 0 Å². The van der Waals surface area contributed by atoms with E-state index in [2.05, 4.69) is 15.6 Å². The minimum absolute atomic E-state index is 0.00984. The molecular formula is C24H26ClN5O2. The molecule has 1 N–H and O–H groups in total. The van der Waals surface area contributed by atoms with Crippen LogP contribution in [-0.2, 0) is 4.79 Å². The van der Waals surface area contributed by atoms with E-state index in [0.717, 1.165) is 29.6 Å². The summed E-state index contributed by atoms with van der Waals surface area (Å²) in [5.41, 5.74) is 3.11. The Hall–Kier alpha value is -2.93. The number of piperidine rings is 1. The highest BCUT2D eigenvalue weighted by Gasteiger charge is 2.28. The quantitative estimate of drug-likeness (QED) is 0.624. The van der Waals surface area contributed by atoms with Crippen molar-refractivity contribution in [2.75, 3.05) is 18.4 Å². The predicted octanol–water partition coefficient (Wildman–Crippen LogP) is 4.69. The lowest BCUT2D eigenvalue weighted by Gasteiger charge is -2.31. The third-order valence-corrected chi connectivity index (χ3v) is 6.91. The van der Waals surface area contributed by atoms with Crippen molar-refractivity contribution >= 4 is 40.1 Å². The average Bonchev–Trinajstić information content (AvgIpc) is 3.49. The maximum Gasteiger partial charge on any atom is 0.253 e. The number of likely N-dealkylation sites (tertiary alicyclic amines) is 1. The van der Waals surface area contributed by atoms with E-state index < -0.39 is 0 Å². The minimum Gasteiger partial charge on any atom is -0.339 e. The highest BCUT2D eigenvalue weighted by molar-refractivity contribution is 6.30. The van der Waals surface area contributed by atoms with Gasteiger partial charge in [0.25, 0.3) is 5.91 Å². The molecule has 2 fully saturated rings. The maximum atomic E-state index is 13.1. The molecule has 166 valence electrons. The first-order valence-electron chi connectivity index (χ1n) is 11.3. The van der Waals surface area contributed by atoms with Crippen LogP contribution >= 0.6 is 11.6 Å². The molecule has 5 rings (SSSR count). The van der Waals surface area contributed by atoms with E-state index in [-0.39, 0.29) is 17.7 Å². The topological polar surface area (TPSA) is 80.1 Å². The van der Waals surface area contributed by atoms with Gasteiger partial charge in [-0.05, 0) is 68.1 Å². The van der Waals surface area contributed by atoms with Gasteiger partial charge in [0.15, 0.2) is 0 Å². The summed E-state index contributed by atoms with van der Waals surface area (Å²) in [4.78, 5) is 27.5. The van der Waals surface area contributed by atoms with Crippen LogP contribution in [0.2, 0.25) is 5.02 Å². The molecule has 0 unspecified atom stereocenters. The van der Waals surface area contributed by atoms with Crippen LogP contribution < -0.4 is 5.32 Å². The number of fused-ring (bicyclic) bond motifs is 1. The SMILES string of the molecule is O=C(Nc1ccc(Cl)cc1)C1CCN(C(=O)c2ccc3c(c2)nnn3C2CCCC2)CC1. The largest absolute Gasteiger partial charge is 0.339 e. The van der Waals surface area contributed by atoms with Gasteiger partial charge in [0, 0.05) is 35.3 Å². The summed E-state index contributed by atoms with van der Waals surface area (Å²) in [5.74, 6) is -0.133. The molecule has 1 aliphatic carbocycles. The zero-order valence-corrected chi connectivity index (χ0v) is 18.6. The van der Waals surface area contributed by atoms with Gasteiger partial charge in [-0.2, -0.15) is 0 Å². The Morgan fingerprint density at radius 2 is 1.69 bits per heavy atom. The van der Waals surface area contributed by atoms with Gasteiger partial charge in [-0.3, -0.25) is 9.59 Å². The van der Waals surface area contributed by atoms with E-state index in [9.17, 15) is 9.59 Å². The molecule has 0 atom stereocenters. The second kappa shape index (κ2) is 8.90. The molecule has 1 saturated carbocycles. The Balaban J connectivity index is 1.21. The first-order chi connectivity index (χ1) is 15.6. The fourth-order valence-corrected chi connectivity index (χ4v) is 4.92. The van der Waals surface area contributed by atoms with Crippen molar-refractivity contribution in [3.8, 4) is 0 Å². The second-order valence-electron chi connectivity index (χ2n) is 8.74. The number of nitrogens with zero attached hydrogens (tertiary/aromatic N) is 4. The van der Waals surface area contributed by atoms with Gasteiger partial charge in [-0.1, -0.05) is 29.7 Å². The molecule has 1 saturated heterocycles. The Kier molecular flexibility index (Phi) is 5.83. The van der Waals surface area contributed by atoms with Crippen LogP contribution in [0.5, 0.6) is 0 Å². The van der Waals surface area contributed by atoms with Gasteiger partial charge in [0.1, 0.15) is 5.52 Å². The van der Waals surface area contributed by atoms with Crippen molar-refractivity contribution in [1.82, 2.24) is 19.9 Å². The molecule has 2 heterocycles. The van der Waals surface area contributed by atoms with Gasteiger partial charge in [0.05, 0.1) is 11.6 Å². The molecule has 1 aromatic heterocycles.